The number of fused-ring (bicyclic) bond motifs is 7. The lowest BCUT2D eigenvalue weighted by Gasteiger charge is -2.44. The SMILES string of the molecule is CC1(C)c2cccc(-n3c4ccccc4c4ccc(-c5cccc6c5c5ccccc5n6-c5cc(-c6ccccc6)cc(-c6ccccc6)c5)cc43)c2C(C)(C)C1(C)C. The lowest BCUT2D eigenvalue weighted by atomic mass is 9.59. The van der Waals surface area contributed by atoms with Gasteiger partial charge in [-0.3, -0.25) is 0 Å². The topological polar surface area (TPSA) is 9.86 Å². The maximum atomic E-state index is 2.57. The number of rotatable bonds is 5. The molecule has 2 heterocycles. The van der Waals surface area contributed by atoms with Crippen molar-refractivity contribution >= 4 is 43.6 Å². The second kappa shape index (κ2) is 12.7. The number of hydrogen-bond donors (Lipinski definition) is 0. The number of hydrogen-bond acceptors (Lipinski definition) is 0. The average Bonchev–Trinajstić information content (AvgIpc) is 3.82. The quantitative estimate of drug-likeness (QED) is 0.165. The molecule has 2 aromatic heterocycles. The van der Waals surface area contributed by atoms with Crippen LogP contribution in [0, 0.1) is 5.41 Å². The lowest BCUT2D eigenvalue weighted by Crippen LogP contribution is -2.42. The van der Waals surface area contributed by atoms with E-state index in [0.29, 0.717) is 0 Å². The molecule has 0 bridgehead atoms. The summed E-state index contributed by atoms with van der Waals surface area (Å²) in [4.78, 5) is 0. The van der Waals surface area contributed by atoms with Gasteiger partial charge in [-0.2, -0.15) is 0 Å². The van der Waals surface area contributed by atoms with E-state index in [2.05, 4.69) is 233 Å². The van der Waals surface area contributed by atoms with Gasteiger partial charge in [0, 0.05) is 27.2 Å². The molecular formula is C57H48N2. The van der Waals surface area contributed by atoms with Crippen molar-refractivity contribution < 1.29 is 0 Å². The number of nitrogens with zero attached hydrogens (tertiary/aromatic N) is 2. The molecule has 286 valence electrons. The molecule has 2 nitrogen and oxygen atoms in total. The fraction of sp³-hybridized carbons (Fsp3) is 0.158. The van der Waals surface area contributed by atoms with Crippen LogP contribution in [0.15, 0.2) is 182 Å². The molecule has 1 aliphatic rings. The molecule has 0 fully saturated rings. The van der Waals surface area contributed by atoms with Crippen molar-refractivity contribution in [3.63, 3.8) is 0 Å². The highest BCUT2D eigenvalue weighted by Crippen LogP contribution is 2.63. The van der Waals surface area contributed by atoms with Gasteiger partial charge in [0.15, 0.2) is 0 Å². The Bertz CT molecular complexity index is 3220. The largest absolute Gasteiger partial charge is 0.309 e. The average molecular weight is 761 g/mol. The zero-order valence-electron chi connectivity index (χ0n) is 34.7. The van der Waals surface area contributed by atoms with Crippen LogP contribution in [0.3, 0.4) is 0 Å². The van der Waals surface area contributed by atoms with E-state index in [9.17, 15) is 0 Å². The summed E-state index contributed by atoms with van der Waals surface area (Å²) in [5, 5.41) is 5.07. The van der Waals surface area contributed by atoms with Crippen LogP contribution in [0.25, 0.3) is 88.4 Å². The molecule has 0 spiro atoms. The third kappa shape index (κ3) is 4.99. The van der Waals surface area contributed by atoms with E-state index in [0.717, 1.165) is 5.69 Å². The predicted octanol–water partition coefficient (Wildman–Crippen LogP) is 15.5. The molecule has 0 unspecified atom stereocenters. The smallest absolute Gasteiger partial charge is 0.0547 e. The minimum Gasteiger partial charge on any atom is -0.309 e. The summed E-state index contributed by atoms with van der Waals surface area (Å²) in [6.45, 7) is 14.7. The monoisotopic (exact) mass is 760 g/mol. The summed E-state index contributed by atoms with van der Waals surface area (Å²) < 4.78 is 5.04. The summed E-state index contributed by atoms with van der Waals surface area (Å²) in [6.07, 6.45) is 0. The van der Waals surface area contributed by atoms with Gasteiger partial charge < -0.3 is 9.13 Å². The molecule has 8 aromatic carbocycles. The van der Waals surface area contributed by atoms with Crippen molar-refractivity contribution in [2.24, 2.45) is 5.41 Å². The Morgan fingerprint density at radius 1 is 0.356 bits per heavy atom. The molecule has 0 atom stereocenters. The molecule has 2 heteroatoms. The van der Waals surface area contributed by atoms with Crippen molar-refractivity contribution in [1.82, 2.24) is 9.13 Å². The van der Waals surface area contributed by atoms with Crippen molar-refractivity contribution in [2.45, 2.75) is 52.4 Å². The van der Waals surface area contributed by atoms with E-state index in [-0.39, 0.29) is 16.2 Å². The highest BCUT2D eigenvalue weighted by atomic mass is 15.0. The van der Waals surface area contributed by atoms with Gasteiger partial charge in [-0.25, -0.2) is 0 Å². The van der Waals surface area contributed by atoms with Crippen LogP contribution in [-0.2, 0) is 10.8 Å². The van der Waals surface area contributed by atoms with Crippen LogP contribution in [0.1, 0.15) is 52.7 Å². The van der Waals surface area contributed by atoms with Crippen LogP contribution < -0.4 is 0 Å². The molecule has 0 aliphatic heterocycles. The highest BCUT2D eigenvalue weighted by Gasteiger charge is 2.57. The molecule has 0 N–H and O–H groups in total. The Labute approximate surface area is 347 Å². The number of aromatic nitrogens is 2. The summed E-state index contributed by atoms with van der Waals surface area (Å²) in [5.41, 5.74) is 17.5. The van der Waals surface area contributed by atoms with Crippen LogP contribution >= 0.6 is 0 Å². The first-order valence-corrected chi connectivity index (χ1v) is 21.0. The zero-order chi connectivity index (χ0) is 40.3. The second-order valence-corrected chi connectivity index (χ2v) is 18.2. The van der Waals surface area contributed by atoms with Crippen LogP contribution in [0.2, 0.25) is 0 Å². The zero-order valence-corrected chi connectivity index (χ0v) is 34.7. The van der Waals surface area contributed by atoms with Gasteiger partial charge in [0.1, 0.15) is 0 Å². The van der Waals surface area contributed by atoms with E-state index >= 15 is 0 Å². The first-order valence-electron chi connectivity index (χ1n) is 21.0. The molecule has 1 aliphatic carbocycles. The fourth-order valence-electron chi connectivity index (χ4n) is 10.6. The van der Waals surface area contributed by atoms with Crippen molar-refractivity contribution in [3.8, 4) is 44.8 Å². The van der Waals surface area contributed by atoms with E-state index in [1.807, 2.05) is 0 Å². The molecule has 59 heavy (non-hydrogen) atoms. The maximum Gasteiger partial charge on any atom is 0.0547 e. The third-order valence-corrected chi connectivity index (χ3v) is 14.8. The summed E-state index contributed by atoms with van der Waals surface area (Å²) in [7, 11) is 0. The minimum atomic E-state index is -0.0522. The van der Waals surface area contributed by atoms with Gasteiger partial charge in [-0.05, 0) is 109 Å². The molecule has 0 saturated heterocycles. The van der Waals surface area contributed by atoms with Crippen molar-refractivity contribution in [3.05, 3.63) is 193 Å². The number of benzene rings is 8. The Balaban J connectivity index is 1.17. The molecular weight excluding hydrogens is 713 g/mol. The highest BCUT2D eigenvalue weighted by molar-refractivity contribution is 6.17. The fourth-order valence-corrected chi connectivity index (χ4v) is 10.6. The van der Waals surface area contributed by atoms with E-state index in [1.165, 1.54) is 93.8 Å². The Kier molecular flexibility index (Phi) is 7.63. The van der Waals surface area contributed by atoms with Gasteiger partial charge >= 0.3 is 0 Å². The maximum absolute atomic E-state index is 2.57. The van der Waals surface area contributed by atoms with E-state index in [4.69, 9.17) is 0 Å². The first kappa shape index (κ1) is 35.5. The summed E-state index contributed by atoms with van der Waals surface area (Å²) in [6, 6.07) is 67.5. The van der Waals surface area contributed by atoms with Crippen LogP contribution in [-0.4, -0.2) is 9.13 Å². The van der Waals surface area contributed by atoms with Gasteiger partial charge in [-0.1, -0.05) is 175 Å². The van der Waals surface area contributed by atoms with Gasteiger partial charge in [0.2, 0.25) is 0 Å². The summed E-state index contributed by atoms with van der Waals surface area (Å²) in [5.74, 6) is 0. The second-order valence-electron chi connectivity index (χ2n) is 18.2. The van der Waals surface area contributed by atoms with E-state index < -0.39 is 0 Å². The Hall–Kier alpha value is -6.64. The molecule has 0 radical (unpaired) electrons. The molecule has 0 saturated carbocycles. The van der Waals surface area contributed by atoms with Gasteiger partial charge in [0.25, 0.3) is 0 Å². The Morgan fingerprint density at radius 3 is 1.59 bits per heavy atom. The number of para-hydroxylation sites is 2. The van der Waals surface area contributed by atoms with Crippen molar-refractivity contribution in [2.75, 3.05) is 0 Å². The minimum absolute atomic E-state index is 0.0120. The molecule has 11 rings (SSSR count). The van der Waals surface area contributed by atoms with E-state index in [1.54, 1.807) is 0 Å². The van der Waals surface area contributed by atoms with Crippen molar-refractivity contribution in [1.29, 1.82) is 0 Å². The third-order valence-electron chi connectivity index (χ3n) is 14.8. The normalized spacial score (nSPS) is 15.4. The van der Waals surface area contributed by atoms with Crippen LogP contribution in [0.4, 0.5) is 0 Å². The Morgan fingerprint density at radius 2 is 0.915 bits per heavy atom. The molecule has 10 aromatic rings. The van der Waals surface area contributed by atoms with Gasteiger partial charge in [-0.15, -0.1) is 0 Å². The van der Waals surface area contributed by atoms with Gasteiger partial charge in [0.05, 0.1) is 27.8 Å². The predicted molar refractivity (Wildman–Crippen MR) is 251 cm³/mol. The van der Waals surface area contributed by atoms with Crippen LogP contribution in [0.5, 0.6) is 0 Å². The first-order chi connectivity index (χ1) is 28.6. The molecule has 0 amide bonds. The summed E-state index contributed by atoms with van der Waals surface area (Å²) >= 11 is 0. The standard InChI is InChI=1S/C57H48N2/c1-55(2)47-26-18-30-51(54(47)56(3,4)57(55,5)6)59-48-27-15-13-23-44(48)45-32-31-39(36-52(45)59)43-25-17-29-50-53(43)46-24-14-16-28-49(46)58(50)42-34-40(37-19-9-7-10-20-37)33-41(35-42)38-21-11-8-12-22-38/h7-36H,1-6H3. The lowest BCUT2D eigenvalue weighted by molar-refractivity contribution is 0.125.